The smallest absolute Gasteiger partial charge is 0.277 e. The van der Waals surface area contributed by atoms with E-state index in [1.54, 1.807) is 18.2 Å². The first kappa shape index (κ1) is 17.4. The molecule has 1 amide bonds. The number of aryl methyl sites for hydroxylation is 1. The lowest BCUT2D eigenvalue weighted by molar-refractivity contribution is -0.123. The van der Waals surface area contributed by atoms with Crippen molar-refractivity contribution in [2.45, 2.75) is 13.8 Å². The van der Waals surface area contributed by atoms with Gasteiger partial charge in [-0.05, 0) is 49.7 Å². The van der Waals surface area contributed by atoms with Crippen molar-refractivity contribution in [3.8, 4) is 5.75 Å². The Morgan fingerprint density at radius 1 is 1.32 bits per heavy atom. The highest BCUT2D eigenvalue weighted by atomic mass is 35.5. The fourth-order valence-electron chi connectivity index (χ4n) is 2.17. The van der Waals surface area contributed by atoms with Crippen LogP contribution >= 0.6 is 22.9 Å². The van der Waals surface area contributed by atoms with E-state index in [0.717, 1.165) is 20.8 Å². The molecule has 3 aromatic rings. The van der Waals surface area contributed by atoms with Crippen LogP contribution in [0.3, 0.4) is 0 Å². The molecule has 3 rings (SSSR count). The fourth-order valence-corrected chi connectivity index (χ4v) is 3.31. The standard InChI is InChI=1S/C18H16ClN3O2S/c1-11-9-13(19)7-8-15(11)24-10-17(23)22-21-12(2)18-20-14-5-3-4-6-16(14)25-18/h3-9H,10H2,1-2H3,(H,22,23)/b21-12-. The Kier molecular flexibility index (Phi) is 5.31. The number of amides is 1. The molecule has 0 spiro atoms. The number of hydrogen-bond acceptors (Lipinski definition) is 5. The van der Waals surface area contributed by atoms with Crippen LogP contribution < -0.4 is 10.2 Å². The number of aromatic nitrogens is 1. The van der Waals surface area contributed by atoms with Crippen LogP contribution in [0.4, 0.5) is 0 Å². The van der Waals surface area contributed by atoms with Gasteiger partial charge in [0.05, 0.1) is 15.9 Å². The van der Waals surface area contributed by atoms with Gasteiger partial charge < -0.3 is 4.74 Å². The number of thiazole rings is 1. The molecule has 0 aliphatic rings. The molecule has 0 radical (unpaired) electrons. The van der Waals surface area contributed by atoms with Gasteiger partial charge in [-0.3, -0.25) is 4.79 Å². The molecule has 0 saturated heterocycles. The molecule has 0 aliphatic carbocycles. The third kappa shape index (κ3) is 4.35. The van der Waals surface area contributed by atoms with Crippen molar-refractivity contribution in [2.24, 2.45) is 5.10 Å². The molecular formula is C18H16ClN3O2S. The predicted molar refractivity (Wildman–Crippen MR) is 102 cm³/mol. The van der Waals surface area contributed by atoms with Crippen molar-refractivity contribution < 1.29 is 9.53 Å². The Morgan fingerprint density at radius 2 is 2.12 bits per heavy atom. The second-order valence-electron chi connectivity index (χ2n) is 5.42. The van der Waals surface area contributed by atoms with Crippen LogP contribution in [0.5, 0.6) is 5.75 Å². The number of ether oxygens (including phenoxy) is 1. The quantitative estimate of drug-likeness (QED) is 0.539. The Balaban J connectivity index is 1.59. The van der Waals surface area contributed by atoms with Crippen LogP contribution in [-0.2, 0) is 4.79 Å². The fraction of sp³-hybridized carbons (Fsp3) is 0.167. The maximum absolute atomic E-state index is 11.9. The summed E-state index contributed by atoms with van der Waals surface area (Å²) in [5, 5.41) is 5.51. The lowest BCUT2D eigenvalue weighted by atomic mass is 10.2. The molecule has 1 aromatic heterocycles. The van der Waals surface area contributed by atoms with Crippen molar-refractivity contribution in [2.75, 3.05) is 6.61 Å². The number of rotatable bonds is 5. The number of carbonyl (C=O) groups is 1. The largest absolute Gasteiger partial charge is 0.483 e. The van der Waals surface area contributed by atoms with Crippen molar-refractivity contribution in [1.82, 2.24) is 10.4 Å². The average Bonchev–Trinajstić information content (AvgIpc) is 3.03. The number of nitrogens with one attached hydrogen (secondary N) is 1. The van der Waals surface area contributed by atoms with Crippen molar-refractivity contribution >= 4 is 44.8 Å². The molecule has 0 atom stereocenters. The summed E-state index contributed by atoms with van der Waals surface area (Å²) in [4.78, 5) is 16.4. The maximum atomic E-state index is 11.9. The van der Waals surface area contributed by atoms with Gasteiger partial charge in [-0.15, -0.1) is 11.3 Å². The van der Waals surface area contributed by atoms with Gasteiger partial charge >= 0.3 is 0 Å². The highest BCUT2D eigenvalue weighted by Gasteiger charge is 2.08. The minimum atomic E-state index is -0.338. The second-order valence-corrected chi connectivity index (χ2v) is 6.88. The number of para-hydroxylation sites is 1. The van der Waals surface area contributed by atoms with Crippen LogP contribution in [0.2, 0.25) is 5.02 Å². The third-order valence-electron chi connectivity index (χ3n) is 3.45. The van der Waals surface area contributed by atoms with Gasteiger partial charge in [0.2, 0.25) is 0 Å². The number of halogens is 1. The molecule has 0 saturated carbocycles. The number of hydrazone groups is 1. The molecule has 0 unspecified atom stereocenters. The van der Waals surface area contributed by atoms with Crippen molar-refractivity contribution in [3.63, 3.8) is 0 Å². The molecule has 128 valence electrons. The van der Waals surface area contributed by atoms with Crippen LogP contribution in [0.1, 0.15) is 17.5 Å². The Morgan fingerprint density at radius 3 is 2.88 bits per heavy atom. The third-order valence-corrected chi connectivity index (χ3v) is 4.83. The summed E-state index contributed by atoms with van der Waals surface area (Å²) in [6.45, 7) is 3.55. The zero-order chi connectivity index (χ0) is 17.8. The summed E-state index contributed by atoms with van der Waals surface area (Å²) >= 11 is 7.43. The number of nitrogens with zero attached hydrogens (tertiary/aromatic N) is 2. The minimum absolute atomic E-state index is 0.126. The molecular weight excluding hydrogens is 358 g/mol. The van der Waals surface area contributed by atoms with E-state index in [1.807, 2.05) is 38.1 Å². The van der Waals surface area contributed by atoms with E-state index < -0.39 is 0 Å². The number of benzene rings is 2. The van der Waals surface area contributed by atoms with E-state index in [9.17, 15) is 4.79 Å². The molecule has 1 heterocycles. The molecule has 7 heteroatoms. The minimum Gasteiger partial charge on any atom is -0.483 e. The van der Waals surface area contributed by atoms with Crippen LogP contribution in [-0.4, -0.2) is 23.2 Å². The van der Waals surface area contributed by atoms with Gasteiger partial charge in [0.25, 0.3) is 5.91 Å². The molecule has 5 nitrogen and oxygen atoms in total. The normalized spacial score (nSPS) is 11.6. The molecule has 0 aliphatic heterocycles. The van der Waals surface area contributed by atoms with Crippen molar-refractivity contribution in [1.29, 1.82) is 0 Å². The van der Waals surface area contributed by atoms with E-state index in [2.05, 4.69) is 15.5 Å². The van der Waals surface area contributed by atoms with Gasteiger partial charge in [-0.25, -0.2) is 10.4 Å². The number of fused-ring (bicyclic) bond motifs is 1. The van der Waals surface area contributed by atoms with Crippen LogP contribution in [0.25, 0.3) is 10.2 Å². The lowest BCUT2D eigenvalue weighted by Gasteiger charge is -2.08. The second kappa shape index (κ2) is 7.63. The summed E-state index contributed by atoms with van der Waals surface area (Å²) in [5.74, 6) is 0.279. The first-order valence-corrected chi connectivity index (χ1v) is 8.80. The highest BCUT2D eigenvalue weighted by molar-refractivity contribution is 7.20. The zero-order valence-electron chi connectivity index (χ0n) is 13.7. The molecule has 0 fully saturated rings. The Hall–Kier alpha value is -2.44. The summed E-state index contributed by atoms with van der Waals surface area (Å²) in [6, 6.07) is 13.1. The Labute approximate surface area is 154 Å². The van der Waals surface area contributed by atoms with E-state index in [4.69, 9.17) is 16.3 Å². The molecule has 0 bridgehead atoms. The van der Waals surface area contributed by atoms with Gasteiger partial charge in [-0.2, -0.15) is 5.10 Å². The summed E-state index contributed by atoms with van der Waals surface area (Å²) < 4.78 is 6.57. The lowest BCUT2D eigenvalue weighted by Crippen LogP contribution is -2.25. The van der Waals surface area contributed by atoms with E-state index >= 15 is 0 Å². The monoisotopic (exact) mass is 373 g/mol. The van der Waals surface area contributed by atoms with Gasteiger partial charge in [0.15, 0.2) is 6.61 Å². The van der Waals surface area contributed by atoms with Gasteiger partial charge in [0.1, 0.15) is 10.8 Å². The SMILES string of the molecule is C/C(=N/NC(=O)COc1ccc(Cl)cc1C)c1nc2ccccc2s1. The average molecular weight is 374 g/mol. The van der Waals surface area contributed by atoms with Crippen molar-refractivity contribution in [3.05, 3.63) is 58.1 Å². The summed E-state index contributed by atoms with van der Waals surface area (Å²) in [6.07, 6.45) is 0. The first-order valence-electron chi connectivity index (χ1n) is 7.61. The predicted octanol–water partition coefficient (Wildman–Crippen LogP) is 4.18. The first-order chi connectivity index (χ1) is 12.0. The van der Waals surface area contributed by atoms with Gasteiger partial charge in [-0.1, -0.05) is 23.7 Å². The van der Waals surface area contributed by atoms with E-state index in [-0.39, 0.29) is 12.5 Å². The summed E-state index contributed by atoms with van der Waals surface area (Å²) in [7, 11) is 0. The topological polar surface area (TPSA) is 63.6 Å². The molecule has 25 heavy (non-hydrogen) atoms. The zero-order valence-corrected chi connectivity index (χ0v) is 15.3. The van der Waals surface area contributed by atoms with E-state index in [1.165, 1.54) is 11.3 Å². The summed E-state index contributed by atoms with van der Waals surface area (Å²) in [5.41, 5.74) is 4.93. The number of hydrogen-bond donors (Lipinski definition) is 1. The molecule has 1 N–H and O–H groups in total. The number of carbonyl (C=O) groups excluding carboxylic acids is 1. The highest BCUT2D eigenvalue weighted by Crippen LogP contribution is 2.22. The van der Waals surface area contributed by atoms with Crippen LogP contribution in [0, 0.1) is 6.92 Å². The Bertz CT molecular complexity index is 919. The van der Waals surface area contributed by atoms with E-state index in [0.29, 0.717) is 16.5 Å². The van der Waals surface area contributed by atoms with Crippen LogP contribution in [0.15, 0.2) is 47.6 Å². The maximum Gasteiger partial charge on any atom is 0.277 e. The van der Waals surface area contributed by atoms with Gasteiger partial charge in [0, 0.05) is 5.02 Å². The molecule has 2 aromatic carbocycles.